The third-order valence-electron chi connectivity index (χ3n) is 6.95. The molecule has 2 heterocycles. The van der Waals surface area contributed by atoms with Crippen LogP contribution >= 0.6 is 0 Å². The van der Waals surface area contributed by atoms with Crippen LogP contribution in [0.2, 0.25) is 0 Å². The minimum absolute atomic E-state index is 0.0661. The van der Waals surface area contributed by atoms with Crippen molar-refractivity contribution in [2.24, 2.45) is 11.7 Å². The summed E-state index contributed by atoms with van der Waals surface area (Å²) in [6.45, 7) is 0. The Morgan fingerprint density at radius 2 is 1.73 bits per heavy atom. The van der Waals surface area contributed by atoms with Crippen LogP contribution in [0.4, 0.5) is 5.95 Å². The molecule has 5 rings (SSSR count). The van der Waals surface area contributed by atoms with Crippen LogP contribution in [0, 0.1) is 5.92 Å². The number of carbonyl (C=O) groups is 2. The first kappa shape index (κ1) is 21.4. The number of nitrogens with zero attached hydrogens (tertiary/aromatic N) is 5. The molecule has 0 unspecified atom stereocenters. The second kappa shape index (κ2) is 8.80. The van der Waals surface area contributed by atoms with Crippen LogP contribution in [0.25, 0.3) is 10.9 Å². The quantitative estimate of drug-likeness (QED) is 0.576. The van der Waals surface area contributed by atoms with Crippen LogP contribution in [0.15, 0.2) is 48.9 Å². The van der Waals surface area contributed by atoms with E-state index in [1.54, 1.807) is 18.5 Å². The molecule has 0 aliphatic heterocycles. The Hall–Kier alpha value is -3.49. The van der Waals surface area contributed by atoms with Crippen molar-refractivity contribution in [3.8, 4) is 0 Å². The van der Waals surface area contributed by atoms with Crippen LogP contribution in [-0.2, 0) is 14.3 Å². The molecule has 2 fully saturated rings. The molecule has 0 bridgehead atoms. The molecule has 0 atom stereocenters. The summed E-state index contributed by atoms with van der Waals surface area (Å²) in [6, 6.07) is 9.86. The normalized spacial score (nSPS) is 22.2. The zero-order chi connectivity index (χ0) is 22.8. The summed E-state index contributed by atoms with van der Waals surface area (Å²) in [6.07, 6.45) is 10.8. The van der Waals surface area contributed by atoms with Crippen molar-refractivity contribution in [1.29, 1.82) is 0 Å². The van der Waals surface area contributed by atoms with Gasteiger partial charge in [-0.15, -0.1) is 0 Å². The molecule has 172 valence electrons. The summed E-state index contributed by atoms with van der Waals surface area (Å²) in [5, 5.41) is 7.67. The van der Waals surface area contributed by atoms with Gasteiger partial charge in [0.2, 0.25) is 5.95 Å². The maximum atomic E-state index is 12.9. The van der Waals surface area contributed by atoms with Crippen molar-refractivity contribution in [3.05, 3.63) is 48.9 Å². The topological polar surface area (TPSA) is 116 Å². The average Bonchev–Trinajstić information content (AvgIpc) is 3.49. The predicted molar refractivity (Wildman–Crippen MR) is 122 cm³/mol. The zero-order valence-corrected chi connectivity index (χ0v) is 18.5. The maximum Gasteiger partial charge on any atom is 0.309 e. The average molecular weight is 449 g/mol. The van der Waals surface area contributed by atoms with Crippen molar-refractivity contribution in [2.45, 2.75) is 63.0 Å². The number of esters is 1. The number of hydrogen-bond donors (Lipinski definition) is 1. The summed E-state index contributed by atoms with van der Waals surface area (Å²) >= 11 is 0. The Morgan fingerprint density at radius 3 is 2.42 bits per heavy atom. The van der Waals surface area contributed by atoms with Gasteiger partial charge in [0.05, 0.1) is 23.7 Å². The number of fused-ring (bicyclic) bond motifs is 1. The number of para-hydroxylation sites is 1. The van der Waals surface area contributed by atoms with Crippen molar-refractivity contribution in [2.75, 3.05) is 5.01 Å². The molecular formula is C24H28N6O3. The number of hydrogen-bond acceptors (Lipinski definition) is 7. The van der Waals surface area contributed by atoms with E-state index in [-0.39, 0.29) is 17.9 Å². The van der Waals surface area contributed by atoms with Crippen LogP contribution in [0.1, 0.15) is 51.4 Å². The van der Waals surface area contributed by atoms with Gasteiger partial charge in [0.1, 0.15) is 0 Å². The highest BCUT2D eigenvalue weighted by atomic mass is 16.6. The van der Waals surface area contributed by atoms with Gasteiger partial charge in [-0.05, 0) is 63.5 Å². The first-order chi connectivity index (χ1) is 16.1. The second-order valence-electron chi connectivity index (χ2n) is 8.98. The van der Waals surface area contributed by atoms with Crippen molar-refractivity contribution < 1.29 is 14.3 Å². The SMILES string of the molecule is NC(=O)C1(OC(=O)C2CCC(N(c3ncccn3)n3ncc4ccccc43)CC2)CCCC1. The molecule has 2 aromatic heterocycles. The maximum absolute atomic E-state index is 12.9. The largest absolute Gasteiger partial charge is 0.449 e. The Morgan fingerprint density at radius 1 is 1.03 bits per heavy atom. The Balaban J connectivity index is 1.34. The van der Waals surface area contributed by atoms with E-state index in [0.29, 0.717) is 31.6 Å². The Bertz CT molecular complexity index is 1130. The fourth-order valence-corrected chi connectivity index (χ4v) is 5.12. The summed E-state index contributed by atoms with van der Waals surface area (Å²) in [5.41, 5.74) is 5.44. The number of carbonyl (C=O) groups excluding carboxylic acids is 2. The van der Waals surface area contributed by atoms with Crippen molar-refractivity contribution in [3.63, 3.8) is 0 Å². The van der Waals surface area contributed by atoms with E-state index in [1.165, 1.54) is 0 Å². The first-order valence-corrected chi connectivity index (χ1v) is 11.6. The van der Waals surface area contributed by atoms with Crippen LogP contribution in [-0.4, -0.2) is 43.4 Å². The number of primary amides is 1. The molecule has 0 saturated heterocycles. The lowest BCUT2D eigenvalue weighted by molar-refractivity contribution is -0.171. The molecule has 1 amide bonds. The van der Waals surface area contributed by atoms with E-state index < -0.39 is 11.5 Å². The van der Waals surface area contributed by atoms with E-state index >= 15 is 0 Å². The lowest BCUT2D eigenvalue weighted by atomic mass is 9.85. The summed E-state index contributed by atoms with van der Waals surface area (Å²) in [7, 11) is 0. The first-order valence-electron chi connectivity index (χ1n) is 11.6. The molecule has 2 N–H and O–H groups in total. The monoisotopic (exact) mass is 448 g/mol. The molecule has 3 aromatic rings. The van der Waals surface area contributed by atoms with Crippen molar-refractivity contribution in [1.82, 2.24) is 19.9 Å². The fourth-order valence-electron chi connectivity index (χ4n) is 5.12. The van der Waals surface area contributed by atoms with E-state index in [9.17, 15) is 9.59 Å². The number of ether oxygens (including phenoxy) is 1. The Labute approximate surface area is 191 Å². The van der Waals surface area contributed by atoms with Crippen LogP contribution in [0.5, 0.6) is 0 Å². The lowest BCUT2D eigenvalue weighted by Gasteiger charge is -2.36. The standard InChI is InChI=1S/C24H28N6O3/c25-22(32)24(12-3-4-13-24)33-21(31)17-8-10-19(11-9-17)29(23-26-14-5-15-27-23)30-20-7-2-1-6-18(20)16-28-30/h1-2,5-7,14-17,19H,3-4,8-13H2,(H2,25,32). The van der Waals surface area contributed by atoms with E-state index in [1.807, 2.05) is 40.3 Å². The van der Waals surface area contributed by atoms with E-state index in [2.05, 4.69) is 15.1 Å². The van der Waals surface area contributed by atoms with E-state index in [4.69, 9.17) is 10.5 Å². The highest BCUT2D eigenvalue weighted by Gasteiger charge is 2.45. The number of rotatable bonds is 6. The minimum atomic E-state index is -1.12. The molecule has 33 heavy (non-hydrogen) atoms. The molecule has 1 aromatic carbocycles. The van der Waals surface area contributed by atoms with E-state index in [0.717, 1.165) is 36.6 Å². The van der Waals surface area contributed by atoms with Gasteiger partial charge in [-0.3, -0.25) is 9.59 Å². The van der Waals surface area contributed by atoms with Gasteiger partial charge in [0.15, 0.2) is 5.60 Å². The molecule has 0 radical (unpaired) electrons. The number of aromatic nitrogens is 4. The number of amides is 1. The number of benzene rings is 1. The number of anilines is 1. The third-order valence-corrected chi connectivity index (χ3v) is 6.95. The van der Waals surface area contributed by atoms with Gasteiger partial charge in [0, 0.05) is 17.8 Å². The summed E-state index contributed by atoms with van der Waals surface area (Å²) in [5.74, 6) is -0.511. The van der Waals surface area contributed by atoms with Gasteiger partial charge in [-0.2, -0.15) is 9.89 Å². The van der Waals surface area contributed by atoms with Gasteiger partial charge in [-0.25, -0.2) is 15.0 Å². The highest BCUT2D eigenvalue weighted by Crippen LogP contribution is 2.36. The van der Waals surface area contributed by atoms with Crippen molar-refractivity contribution >= 4 is 28.7 Å². The highest BCUT2D eigenvalue weighted by molar-refractivity contribution is 5.87. The molecule has 9 heteroatoms. The molecule has 2 aliphatic rings. The summed E-state index contributed by atoms with van der Waals surface area (Å²) < 4.78 is 5.74. The van der Waals surface area contributed by atoms with Crippen LogP contribution in [0.3, 0.4) is 0 Å². The van der Waals surface area contributed by atoms with Crippen LogP contribution < -0.4 is 10.7 Å². The molecule has 2 saturated carbocycles. The molecular weight excluding hydrogens is 420 g/mol. The predicted octanol–water partition coefficient (Wildman–Crippen LogP) is 3.00. The van der Waals surface area contributed by atoms with Gasteiger partial charge in [0.25, 0.3) is 5.91 Å². The Kier molecular flexibility index (Phi) is 5.70. The van der Waals surface area contributed by atoms with Gasteiger partial charge >= 0.3 is 5.97 Å². The molecule has 0 spiro atoms. The molecule has 9 nitrogen and oxygen atoms in total. The lowest BCUT2D eigenvalue weighted by Crippen LogP contribution is -2.48. The minimum Gasteiger partial charge on any atom is -0.449 e. The molecule has 2 aliphatic carbocycles. The van der Waals surface area contributed by atoms with Gasteiger partial charge < -0.3 is 10.5 Å². The van der Waals surface area contributed by atoms with Gasteiger partial charge in [-0.1, -0.05) is 18.2 Å². The smallest absolute Gasteiger partial charge is 0.309 e. The fraction of sp³-hybridized carbons (Fsp3) is 0.458. The summed E-state index contributed by atoms with van der Waals surface area (Å²) in [4.78, 5) is 35.7. The third kappa shape index (κ3) is 4.03. The second-order valence-corrected chi connectivity index (χ2v) is 8.98. The number of nitrogens with two attached hydrogens (primary N) is 1. The zero-order valence-electron chi connectivity index (χ0n) is 18.5.